The minimum Gasteiger partial charge on any atom is -0.493 e. The maximum Gasteiger partial charge on any atom is 0.127 e. The van der Waals surface area contributed by atoms with Crippen LogP contribution in [-0.2, 0) is 4.74 Å². The van der Waals surface area contributed by atoms with Gasteiger partial charge in [0.1, 0.15) is 11.6 Å². The molecule has 0 bridgehead atoms. The molecule has 1 unspecified atom stereocenters. The Bertz CT molecular complexity index is 339. The second-order valence-electron chi connectivity index (χ2n) is 3.91. The molecule has 1 aromatic rings. The van der Waals surface area contributed by atoms with Crippen molar-refractivity contribution in [1.82, 2.24) is 0 Å². The third-order valence-electron chi connectivity index (χ3n) is 2.43. The van der Waals surface area contributed by atoms with Crippen LogP contribution in [0, 0.1) is 5.82 Å². The number of halogens is 1. The zero-order chi connectivity index (χ0) is 12.7. The average Bonchev–Trinajstić information content (AvgIpc) is 2.28. The number of ether oxygens (including phenoxy) is 2. The van der Waals surface area contributed by atoms with Gasteiger partial charge in [-0.25, -0.2) is 4.39 Å². The van der Waals surface area contributed by atoms with Crippen LogP contribution in [0.15, 0.2) is 18.2 Å². The van der Waals surface area contributed by atoms with Gasteiger partial charge in [-0.05, 0) is 31.9 Å². The standard InChI is InChI=1S/C13H19FO3/c1-10(15)12-6-5-11(14)9-13(12)17-8-4-3-7-16-2/h5-6,9-10,15H,3-4,7-8H2,1-2H3. The predicted molar refractivity (Wildman–Crippen MR) is 63.6 cm³/mol. The monoisotopic (exact) mass is 242 g/mol. The van der Waals surface area contributed by atoms with Crippen molar-refractivity contribution in [2.24, 2.45) is 0 Å². The zero-order valence-corrected chi connectivity index (χ0v) is 10.3. The van der Waals surface area contributed by atoms with E-state index in [4.69, 9.17) is 9.47 Å². The summed E-state index contributed by atoms with van der Waals surface area (Å²) in [4.78, 5) is 0. The highest BCUT2D eigenvalue weighted by molar-refractivity contribution is 5.35. The van der Waals surface area contributed by atoms with Gasteiger partial charge in [-0.1, -0.05) is 0 Å². The summed E-state index contributed by atoms with van der Waals surface area (Å²) in [5.41, 5.74) is 0.609. The van der Waals surface area contributed by atoms with E-state index in [9.17, 15) is 9.50 Å². The number of aliphatic hydroxyl groups excluding tert-OH is 1. The van der Waals surface area contributed by atoms with E-state index < -0.39 is 6.10 Å². The van der Waals surface area contributed by atoms with E-state index in [1.165, 1.54) is 12.1 Å². The van der Waals surface area contributed by atoms with Gasteiger partial charge in [0.2, 0.25) is 0 Å². The first-order chi connectivity index (χ1) is 8.15. The molecule has 1 N–H and O–H groups in total. The van der Waals surface area contributed by atoms with E-state index in [1.54, 1.807) is 20.1 Å². The van der Waals surface area contributed by atoms with Crippen LogP contribution in [0.1, 0.15) is 31.4 Å². The smallest absolute Gasteiger partial charge is 0.127 e. The number of hydrogen-bond acceptors (Lipinski definition) is 3. The minimum absolute atomic E-state index is 0.360. The number of methoxy groups -OCH3 is 1. The Hall–Kier alpha value is -1.13. The third kappa shape index (κ3) is 4.71. The Morgan fingerprint density at radius 2 is 2.00 bits per heavy atom. The number of rotatable bonds is 7. The summed E-state index contributed by atoms with van der Waals surface area (Å²) in [6.07, 6.45) is 1.07. The molecule has 4 heteroatoms. The molecule has 0 amide bonds. The molecule has 1 aromatic carbocycles. The Labute approximate surface area is 101 Å². The van der Waals surface area contributed by atoms with Crippen molar-refractivity contribution in [3.63, 3.8) is 0 Å². The lowest BCUT2D eigenvalue weighted by Crippen LogP contribution is -2.04. The molecule has 17 heavy (non-hydrogen) atoms. The van der Waals surface area contributed by atoms with Crippen molar-refractivity contribution in [1.29, 1.82) is 0 Å². The molecule has 96 valence electrons. The zero-order valence-electron chi connectivity index (χ0n) is 10.3. The molecule has 3 nitrogen and oxygen atoms in total. The molecular weight excluding hydrogens is 223 g/mol. The summed E-state index contributed by atoms with van der Waals surface area (Å²) in [7, 11) is 1.65. The van der Waals surface area contributed by atoms with Crippen LogP contribution >= 0.6 is 0 Å². The predicted octanol–water partition coefficient (Wildman–Crippen LogP) is 2.68. The van der Waals surface area contributed by atoms with Gasteiger partial charge in [-0.15, -0.1) is 0 Å². The summed E-state index contributed by atoms with van der Waals surface area (Å²) < 4.78 is 23.4. The summed E-state index contributed by atoms with van der Waals surface area (Å²) in [5.74, 6) is 0.0544. The van der Waals surface area contributed by atoms with E-state index in [2.05, 4.69) is 0 Å². The second-order valence-corrected chi connectivity index (χ2v) is 3.91. The number of hydrogen-bond donors (Lipinski definition) is 1. The first-order valence-corrected chi connectivity index (χ1v) is 5.74. The van der Waals surface area contributed by atoms with Crippen LogP contribution in [0.3, 0.4) is 0 Å². The fourth-order valence-corrected chi connectivity index (χ4v) is 1.51. The number of benzene rings is 1. The van der Waals surface area contributed by atoms with Gasteiger partial charge in [0.05, 0.1) is 12.7 Å². The normalized spacial score (nSPS) is 12.5. The molecule has 0 aromatic heterocycles. The van der Waals surface area contributed by atoms with Gasteiger partial charge in [-0.2, -0.15) is 0 Å². The largest absolute Gasteiger partial charge is 0.493 e. The summed E-state index contributed by atoms with van der Waals surface area (Å²) in [6, 6.07) is 4.17. The SMILES string of the molecule is COCCCCOc1cc(F)ccc1C(C)O. The highest BCUT2D eigenvalue weighted by atomic mass is 19.1. The van der Waals surface area contributed by atoms with Crippen molar-refractivity contribution in [3.05, 3.63) is 29.6 Å². The van der Waals surface area contributed by atoms with E-state index in [0.29, 0.717) is 24.5 Å². The second kappa shape index (κ2) is 7.25. The third-order valence-corrected chi connectivity index (χ3v) is 2.43. The molecular formula is C13H19FO3. The van der Waals surface area contributed by atoms with E-state index in [1.807, 2.05) is 0 Å². The van der Waals surface area contributed by atoms with Crippen LogP contribution < -0.4 is 4.74 Å². The van der Waals surface area contributed by atoms with Crippen LogP contribution in [0.25, 0.3) is 0 Å². The van der Waals surface area contributed by atoms with Crippen molar-refractivity contribution < 1.29 is 19.0 Å². The Kier molecular flexibility index (Phi) is 5.94. The average molecular weight is 242 g/mol. The molecule has 1 rings (SSSR count). The Morgan fingerprint density at radius 3 is 2.65 bits per heavy atom. The maximum absolute atomic E-state index is 13.1. The van der Waals surface area contributed by atoms with Crippen molar-refractivity contribution >= 4 is 0 Å². The maximum atomic E-state index is 13.1. The first kappa shape index (κ1) is 13.9. The summed E-state index contributed by atoms with van der Waals surface area (Å²) in [5, 5.41) is 9.51. The van der Waals surface area contributed by atoms with Crippen LogP contribution in [0.5, 0.6) is 5.75 Å². The molecule has 0 aliphatic heterocycles. The van der Waals surface area contributed by atoms with Crippen molar-refractivity contribution in [3.8, 4) is 5.75 Å². The molecule has 0 heterocycles. The van der Waals surface area contributed by atoms with E-state index in [-0.39, 0.29) is 5.82 Å². The Balaban J connectivity index is 2.53. The first-order valence-electron chi connectivity index (χ1n) is 5.74. The number of unbranched alkanes of at least 4 members (excludes halogenated alkanes) is 1. The van der Waals surface area contributed by atoms with Gasteiger partial charge < -0.3 is 14.6 Å². The minimum atomic E-state index is -0.662. The molecule has 0 aliphatic rings. The molecule has 0 aliphatic carbocycles. The van der Waals surface area contributed by atoms with Gasteiger partial charge in [-0.3, -0.25) is 0 Å². The van der Waals surface area contributed by atoms with E-state index in [0.717, 1.165) is 12.8 Å². The van der Waals surface area contributed by atoms with Crippen LogP contribution in [0.2, 0.25) is 0 Å². The Morgan fingerprint density at radius 1 is 1.29 bits per heavy atom. The van der Waals surface area contributed by atoms with Gasteiger partial charge in [0.15, 0.2) is 0 Å². The fourth-order valence-electron chi connectivity index (χ4n) is 1.51. The van der Waals surface area contributed by atoms with Gasteiger partial charge >= 0.3 is 0 Å². The quantitative estimate of drug-likeness (QED) is 0.747. The van der Waals surface area contributed by atoms with Crippen LogP contribution in [-0.4, -0.2) is 25.4 Å². The van der Waals surface area contributed by atoms with Crippen molar-refractivity contribution in [2.75, 3.05) is 20.3 Å². The molecule has 1 atom stereocenters. The fraction of sp³-hybridized carbons (Fsp3) is 0.538. The number of aliphatic hydroxyl groups is 1. The molecule has 0 spiro atoms. The topological polar surface area (TPSA) is 38.7 Å². The lowest BCUT2D eigenvalue weighted by Gasteiger charge is -2.13. The molecule has 0 fully saturated rings. The summed E-state index contributed by atoms with van der Waals surface area (Å²) >= 11 is 0. The lowest BCUT2D eigenvalue weighted by atomic mass is 10.1. The molecule has 0 saturated carbocycles. The van der Waals surface area contributed by atoms with Crippen molar-refractivity contribution in [2.45, 2.75) is 25.9 Å². The highest BCUT2D eigenvalue weighted by Crippen LogP contribution is 2.26. The van der Waals surface area contributed by atoms with E-state index >= 15 is 0 Å². The van der Waals surface area contributed by atoms with Gasteiger partial charge in [0, 0.05) is 25.3 Å². The summed E-state index contributed by atoms with van der Waals surface area (Å²) in [6.45, 7) is 2.81. The molecule has 0 saturated heterocycles. The van der Waals surface area contributed by atoms with Crippen LogP contribution in [0.4, 0.5) is 4.39 Å². The molecule has 0 radical (unpaired) electrons. The highest BCUT2D eigenvalue weighted by Gasteiger charge is 2.10. The lowest BCUT2D eigenvalue weighted by molar-refractivity contribution is 0.178. The van der Waals surface area contributed by atoms with Gasteiger partial charge in [0.25, 0.3) is 0 Å².